The number of rotatable bonds is 1. The van der Waals surface area contributed by atoms with E-state index in [1.54, 1.807) is 38.5 Å². The van der Waals surface area contributed by atoms with Gasteiger partial charge in [0.2, 0.25) is 0 Å². The number of likely N-dealkylation sites (tertiary alicyclic amines) is 1. The lowest BCUT2D eigenvalue weighted by atomic mass is 9.52. The maximum Gasteiger partial charge on any atom is 0.0220 e. The smallest absolute Gasteiger partial charge is 0.0220 e. The Balaban J connectivity index is 1.66. The van der Waals surface area contributed by atoms with Gasteiger partial charge in [0.05, 0.1) is 0 Å². The predicted molar refractivity (Wildman–Crippen MR) is 66.3 cm³/mol. The summed E-state index contributed by atoms with van der Waals surface area (Å²) < 4.78 is 0. The maximum absolute atomic E-state index is 2.94. The second-order valence-electron chi connectivity index (χ2n) is 7.33. The minimum atomic E-state index is 0.685. The fourth-order valence-corrected chi connectivity index (χ4v) is 6.05. The summed E-state index contributed by atoms with van der Waals surface area (Å²) in [6, 6.07) is 0.885. The molecule has 0 aromatic rings. The summed E-state index contributed by atoms with van der Waals surface area (Å²) in [6.07, 6.45) is 12.4. The summed E-state index contributed by atoms with van der Waals surface area (Å²) in [4.78, 5) is 2.94. The number of nitrogens with zero attached hydrogens (tertiary/aromatic N) is 1. The van der Waals surface area contributed by atoms with E-state index in [9.17, 15) is 0 Å². The second-order valence-corrected chi connectivity index (χ2v) is 7.33. The van der Waals surface area contributed by atoms with Crippen LogP contribution in [0.15, 0.2) is 0 Å². The van der Waals surface area contributed by atoms with E-state index in [2.05, 4.69) is 11.8 Å². The van der Waals surface area contributed by atoms with Crippen LogP contribution in [0.25, 0.3) is 0 Å². The molecule has 0 aromatic carbocycles. The van der Waals surface area contributed by atoms with Crippen molar-refractivity contribution in [1.29, 1.82) is 0 Å². The first-order valence-electron chi connectivity index (χ1n) is 7.52. The zero-order valence-corrected chi connectivity index (χ0v) is 10.6. The molecule has 4 saturated carbocycles. The molecule has 4 bridgehead atoms. The number of hydrogen-bond donors (Lipinski definition) is 0. The molecule has 1 nitrogen and oxygen atoms in total. The van der Waals surface area contributed by atoms with Crippen molar-refractivity contribution in [2.45, 2.75) is 69.9 Å². The van der Waals surface area contributed by atoms with Gasteiger partial charge in [-0.1, -0.05) is 0 Å². The summed E-state index contributed by atoms with van der Waals surface area (Å²) >= 11 is 0. The first-order valence-corrected chi connectivity index (χ1v) is 7.52. The molecule has 5 aliphatic rings. The van der Waals surface area contributed by atoms with Crippen LogP contribution in [0.1, 0.15) is 58.3 Å². The van der Waals surface area contributed by atoms with Crippen LogP contribution in [0.3, 0.4) is 0 Å². The van der Waals surface area contributed by atoms with Gasteiger partial charge in [0.1, 0.15) is 0 Å². The van der Waals surface area contributed by atoms with E-state index in [4.69, 9.17) is 0 Å². The molecule has 1 atom stereocenters. The summed E-state index contributed by atoms with van der Waals surface area (Å²) in [5.74, 6) is 3.33. The highest BCUT2D eigenvalue weighted by Crippen LogP contribution is 2.58. The lowest BCUT2D eigenvalue weighted by molar-refractivity contribution is -0.0914. The molecule has 0 amide bonds. The molecule has 0 N–H and O–H groups in total. The van der Waals surface area contributed by atoms with Crippen molar-refractivity contribution in [2.75, 3.05) is 6.54 Å². The van der Waals surface area contributed by atoms with Crippen molar-refractivity contribution >= 4 is 0 Å². The first kappa shape index (κ1) is 9.94. The molecule has 5 fully saturated rings. The van der Waals surface area contributed by atoms with Crippen LogP contribution in [0.2, 0.25) is 0 Å². The molecule has 90 valence electrons. The molecular formula is C15H25N. The van der Waals surface area contributed by atoms with E-state index in [-0.39, 0.29) is 0 Å². The fourth-order valence-electron chi connectivity index (χ4n) is 6.05. The first-order chi connectivity index (χ1) is 7.75. The Morgan fingerprint density at radius 1 is 0.938 bits per heavy atom. The van der Waals surface area contributed by atoms with Crippen LogP contribution < -0.4 is 0 Å². The van der Waals surface area contributed by atoms with Gasteiger partial charge < -0.3 is 0 Å². The molecule has 1 heterocycles. The van der Waals surface area contributed by atoms with Gasteiger partial charge in [0.25, 0.3) is 0 Å². The monoisotopic (exact) mass is 219 g/mol. The van der Waals surface area contributed by atoms with Gasteiger partial charge in [-0.15, -0.1) is 0 Å². The van der Waals surface area contributed by atoms with Gasteiger partial charge in [-0.25, -0.2) is 0 Å². The number of hydrogen-bond acceptors (Lipinski definition) is 1. The topological polar surface area (TPSA) is 3.24 Å². The summed E-state index contributed by atoms with van der Waals surface area (Å²) in [5, 5.41) is 0. The van der Waals surface area contributed by atoms with Crippen LogP contribution in [0, 0.1) is 17.8 Å². The molecule has 0 aromatic heterocycles. The maximum atomic E-state index is 2.94. The molecule has 1 unspecified atom stereocenters. The molecular weight excluding hydrogens is 194 g/mol. The Kier molecular flexibility index (Phi) is 2.02. The molecule has 1 heteroatoms. The summed E-state index contributed by atoms with van der Waals surface area (Å²) in [6.45, 7) is 3.89. The largest absolute Gasteiger partial charge is 0.295 e. The summed E-state index contributed by atoms with van der Waals surface area (Å²) in [7, 11) is 0. The highest BCUT2D eigenvalue weighted by molar-refractivity contribution is 5.09. The van der Waals surface area contributed by atoms with Gasteiger partial charge in [-0.05, 0) is 82.6 Å². The highest BCUT2D eigenvalue weighted by atomic mass is 15.2. The quantitative estimate of drug-likeness (QED) is 0.653. The van der Waals surface area contributed by atoms with E-state index in [1.807, 2.05) is 0 Å². The van der Waals surface area contributed by atoms with Crippen molar-refractivity contribution in [2.24, 2.45) is 17.8 Å². The lowest BCUT2D eigenvalue weighted by Crippen LogP contribution is -2.60. The van der Waals surface area contributed by atoms with Crippen LogP contribution in [-0.4, -0.2) is 23.0 Å². The Labute approximate surface area is 99.6 Å². The minimum Gasteiger partial charge on any atom is -0.295 e. The van der Waals surface area contributed by atoms with Crippen LogP contribution in [-0.2, 0) is 0 Å². The van der Waals surface area contributed by atoms with E-state index in [1.165, 1.54) is 19.4 Å². The van der Waals surface area contributed by atoms with Crippen molar-refractivity contribution in [1.82, 2.24) is 4.90 Å². The van der Waals surface area contributed by atoms with E-state index >= 15 is 0 Å². The molecule has 0 radical (unpaired) electrons. The normalized spacial score (nSPS) is 56.1. The molecule has 4 aliphatic carbocycles. The minimum absolute atomic E-state index is 0.685. The van der Waals surface area contributed by atoms with E-state index in [0.29, 0.717) is 5.54 Å². The molecule has 1 saturated heterocycles. The van der Waals surface area contributed by atoms with Crippen molar-refractivity contribution in [3.8, 4) is 0 Å². The standard InChI is InChI=1S/C15H25N/c1-11-3-2-4-16(11)15-8-12-5-13(9-15)7-14(6-12)10-15/h11-14H,2-10H2,1H3. The molecule has 16 heavy (non-hydrogen) atoms. The zero-order valence-electron chi connectivity index (χ0n) is 10.6. The van der Waals surface area contributed by atoms with Crippen molar-refractivity contribution in [3.63, 3.8) is 0 Å². The highest BCUT2D eigenvalue weighted by Gasteiger charge is 2.54. The molecule has 1 aliphatic heterocycles. The third-order valence-electron chi connectivity index (χ3n) is 6.17. The third-order valence-corrected chi connectivity index (χ3v) is 6.17. The van der Waals surface area contributed by atoms with Gasteiger partial charge in [0, 0.05) is 11.6 Å². The van der Waals surface area contributed by atoms with E-state index in [0.717, 1.165) is 23.8 Å². The average molecular weight is 219 g/mol. The summed E-state index contributed by atoms with van der Waals surface area (Å²) in [5.41, 5.74) is 0.685. The van der Waals surface area contributed by atoms with Crippen LogP contribution >= 0.6 is 0 Å². The van der Waals surface area contributed by atoms with Gasteiger partial charge in [0.15, 0.2) is 0 Å². The fraction of sp³-hybridized carbons (Fsp3) is 1.00. The zero-order chi connectivity index (χ0) is 10.8. The SMILES string of the molecule is CC1CCCN1C12CC3CC(CC(C3)C1)C2. The predicted octanol–water partition coefficient (Wildman–Crippen LogP) is 3.44. The lowest BCUT2D eigenvalue weighted by Gasteiger charge is -2.61. The molecule has 0 spiro atoms. The van der Waals surface area contributed by atoms with Crippen LogP contribution in [0.5, 0.6) is 0 Å². The Morgan fingerprint density at radius 2 is 1.50 bits per heavy atom. The molecule has 5 rings (SSSR count). The van der Waals surface area contributed by atoms with Crippen LogP contribution in [0.4, 0.5) is 0 Å². The Morgan fingerprint density at radius 3 is 1.94 bits per heavy atom. The average Bonchev–Trinajstić information content (AvgIpc) is 2.62. The van der Waals surface area contributed by atoms with Crippen molar-refractivity contribution < 1.29 is 0 Å². The Bertz CT molecular complexity index is 261. The Hall–Kier alpha value is -0.0400. The second kappa shape index (κ2) is 3.25. The third kappa shape index (κ3) is 1.27. The van der Waals surface area contributed by atoms with Gasteiger partial charge >= 0.3 is 0 Å². The van der Waals surface area contributed by atoms with E-state index < -0.39 is 0 Å². The van der Waals surface area contributed by atoms with Gasteiger partial charge in [-0.2, -0.15) is 0 Å². The van der Waals surface area contributed by atoms with Crippen molar-refractivity contribution in [3.05, 3.63) is 0 Å². The van der Waals surface area contributed by atoms with Gasteiger partial charge in [-0.3, -0.25) is 4.90 Å².